The van der Waals surface area contributed by atoms with Crippen LogP contribution in [0.4, 0.5) is 9.93 Å². The fourth-order valence-electron chi connectivity index (χ4n) is 2.62. The molecule has 7 heteroatoms. The summed E-state index contributed by atoms with van der Waals surface area (Å²) in [5, 5.41) is 3.94. The van der Waals surface area contributed by atoms with Gasteiger partial charge in [0, 0.05) is 30.7 Å². The zero-order chi connectivity index (χ0) is 16.3. The summed E-state index contributed by atoms with van der Waals surface area (Å²) >= 11 is 1.44. The molecule has 0 spiro atoms. The van der Waals surface area contributed by atoms with Gasteiger partial charge in [-0.25, -0.2) is 9.78 Å². The number of ether oxygens (including phenoxy) is 1. The molecule has 1 aliphatic rings. The van der Waals surface area contributed by atoms with Gasteiger partial charge in [-0.3, -0.25) is 0 Å². The van der Waals surface area contributed by atoms with Crippen molar-refractivity contribution in [1.29, 1.82) is 0 Å². The molecule has 1 fully saturated rings. The van der Waals surface area contributed by atoms with Crippen LogP contribution in [0.5, 0.6) is 0 Å². The molecule has 22 heavy (non-hydrogen) atoms. The van der Waals surface area contributed by atoms with Crippen molar-refractivity contribution in [3.05, 3.63) is 5.82 Å². The molecule has 1 N–H and O–H groups in total. The van der Waals surface area contributed by atoms with E-state index >= 15 is 0 Å². The van der Waals surface area contributed by atoms with Crippen LogP contribution >= 0.6 is 11.5 Å². The van der Waals surface area contributed by atoms with Gasteiger partial charge in [0.2, 0.25) is 5.13 Å². The molecule has 124 valence electrons. The molecular formula is C15H26N4O2S. The minimum absolute atomic E-state index is 0.0756. The number of anilines is 1. The number of hydrogen-bond donors (Lipinski definition) is 1. The highest BCUT2D eigenvalue weighted by molar-refractivity contribution is 7.09. The fourth-order valence-corrected chi connectivity index (χ4v) is 3.33. The molecule has 0 radical (unpaired) electrons. The molecule has 0 saturated carbocycles. The highest BCUT2D eigenvalue weighted by Gasteiger charge is 2.28. The minimum atomic E-state index is -0.466. The fraction of sp³-hybridized carbons (Fsp3) is 0.800. The molecule has 0 aromatic carbocycles. The number of nitrogens with one attached hydrogen (secondary N) is 1. The van der Waals surface area contributed by atoms with Crippen molar-refractivity contribution in [3.63, 3.8) is 0 Å². The number of rotatable bonds is 3. The summed E-state index contributed by atoms with van der Waals surface area (Å²) in [7, 11) is 0. The average molecular weight is 326 g/mol. The van der Waals surface area contributed by atoms with E-state index in [1.54, 1.807) is 0 Å². The average Bonchev–Trinajstić information content (AvgIpc) is 2.83. The van der Waals surface area contributed by atoms with Gasteiger partial charge in [0.1, 0.15) is 11.4 Å². The summed E-state index contributed by atoms with van der Waals surface area (Å²) in [6, 6.07) is 0.0756. The van der Waals surface area contributed by atoms with Crippen LogP contribution < -0.4 is 10.2 Å². The minimum Gasteiger partial charge on any atom is -0.444 e. The first-order valence-electron chi connectivity index (χ1n) is 7.79. The summed E-state index contributed by atoms with van der Waals surface area (Å²) in [4.78, 5) is 18.6. The number of hydrogen-bond acceptors (Lipinski definition) is 6. The van der Waals surface area contributed by atoms with Gasteiger partial charge in [-0.15, -0.1) is 0 Å². The molecule has 0 bridgehead atoms. The van der Waals surface area contributed by atoms with Gasteiger partial charge in [-0.2, -0.15) is 4.37 Å². The van der Waals surface area contributed by atoms with E-state index in [1.807, 2.05) is 34.6 Å². The van der Waals surface area contributed by atoms with Crippen LogP contribution in [0.1, 0.15) is 46.4 Å². The Balaban J connectivity index is 1.90. The Morgan fingerprint density at radius 3 is 2.82 bits per heavy atom. The molecule has 6 nitrogen and oxygen atoms in total. The van der Waals surface area contributed by atoms with Crippen molar-refractivity contribution < 1.29 is 9.53 Å². The maximum atomic E-state index is 11.9. The highest BCUT2D eigenvalue weighted by Crippen LogP contribution is 2.26. The molecule has 2 rings (SSSR count). The van der Waals surface area contributed by atoms with E-state index in [-0.39, 0.29) is 12.1 Å². The van der Waals surface area contributed by atoms with Crippen LogP contribution in [-0.4, -0.2) is 40.2 Å². The lowest BCUT2D eigenvalue weighted by atomic mass is 9.92. The number of aryl methyl sites for hydroxylation is 1. The Labute approximate surface area is 136 Å². The Kier molecular flexibility index (Phi) is 5.26. The van der Waals surface area contributed by atoms with Crippen molar-refractivity contribution in [2.24, 2.45) is 5.92 Å². The predicted octanol–water partition coefficient (Wildman–Crippen LogP) is 2.98. The molecule has 0 unspecified atom stereocenters. The van der Waals surface area contributed by atoms with Crippen LogP contribution in [0.3, 0.4) is 0 Å². The number of alkyl carbamates (subject to hydrolysis) is 1. The van der Waals surface area contributed by atoms with Gasteiger partial charge in [0.15, 0.2) is 0 Å². The van der Waals surface area contributed by atoms with E-state index in [0.717, 1.165) is 36.9 Å². The predicted molar refractivity (Wildman–Crippen MR) is 88.4 cm³/mol. The Bertz CT molecular complexity index is 512. The van der Waals surface area contributed by atoms with E-state index in [4.69, 9.17) is 4.74 Å². The van der Waals surface area contributed by atoms with Crippen molar-refractivity contribution in [3.8, 4) is 0 Å². The van der Waals surface area contributed by atoms with Crippen LogP contribution in [-0.2, 0) is 4.74 Å². The zero-order valence-electron chi connectivity index (χ0n) is 14.0. The van der Waals surface area contributed by atoms with Crippen LogP contribution in [0, 0.1) is 12.8 Å². The van der Waals surface area contributed by atoms with Gasteiger partial charge < -0.3 is 15.0 Å². The van der Waals surface area contributed by atoms with Gasteiger partial charge >= 0.3 is 6.09 Å². The van der Waals surface area contributed by atoms with Crippen molar-refractivity contribution in [2.45, 2.75) is 59.1 Å². The third kappa shape index (κ3) is 4.83. The number of amides is 1. The molecule has 1 aliphatic heterocycles. The topological polar surface area (TPSA) is 67.4 Å². The number of piperidine rings is 1. The first-order chi connectivity index (χ1) is 10.2. The Morgan fingerprint density at radius 1 is 1.50 bits per heavy atom. The number of nitrogens with zero attached hydrogens (tertiary/aromatic N) is 3. The summed E-state index contributed by atoms with van der Waals surface area (Å²) in [6.45, 7) is 11.5. The number of carbonyl (C=O) groups excluding carboxylic acids is 1. The van der Waals surface area contributed by atoms with Crippen molar-refractivity contribution in [1.82, 2.24) is 14.7 Å². The second-order valence-corrected chi connectivity index (χ2v) is 7.64. The Hall–Kier alpha value is -1.37. The van der Waals surface area contributed by atoms with E-state index in [2.05, 4.69) is 19.6 Å². The Morgan fingerprint density at radius 2 is 2.23 bits per heavy atom. The quantitative estimate of drug-likeness (QED) is 0.925. The number of carbonyl (C=O) groups is 1. The lowest BCUT2D eigenvalue weighted by molar-refractivity contribution is 0.0489. The largest absolute Gasteiger partial charge is 0.444 e. The molecule has 0 aliphatic carbocycles. The van der Waals surface area contributed by atoms with Crippen LogP contribution in [0.15, 0.2) is 0 Å². The third-order valence-corrected chi connectivity index (χ3v) is 4.57. The van der Waals surface area contributed by atoms with E-state index in [0.29, 0.717) is 5.92 Å². The van der Waals surface area contributed by atoms with E-state index in [9.17, 15) is 4.79 Å². The first-order valence-corrected chi connectivity index (χ1v) is 8.57. The van der Waals surface area contributed by atoms with Crippen LogP contribution in [0.2, 0.25) is 0 Å². The van der Waals surface area contributed by atoms with E-state index < -0.39 is 5.60 Å². The normalized spacial score (nSPS) is 20.6. The lowest BCUT2D eigenvalue weighted by Crippen LogP contribution is -2.47. The van der Waals surface area contributed by atoms with Gasteiger partial charge in [-0.05, 0) is 53.4 Å². The highest BCUT2D eigenvalue weighted by atomic mass is 32.1. The van der Waals surface area contributed by atoms with E-state index in [1.165, 1.54) is 11.5 Å². The molecule has 2 heterocycles. The van der Waals surface area contributed by atoms with Crippen molar-refractivity contribution >= 4 is 22.8 Å². The van der Waals surface area contributed by atoms with Crippen molar-refractivity contribution in [2.75, 3.05) is 18.0 Å². The monoisotopic (exact) mass is 326 g/mol. The summed E-state index contributed by atoms with van der Waals surface area (Å²) in [6.07, 6.45) is 1.86. The maximum Gasteiger partial charge on any atom is 0.407 e. The second kappa shape index (κ2) is 6.81. The summed E-state index contributed by atoms with van der Waals surface area (Å²) < 4.78 is 9.58. The molecular weight excluding hydrogens is 300 g/mol. The summed E-state index contributed by atoms with van der Waals surface area (Å²) in [5.41, 5.74) is -0.466. The summed E-state index contributed by atoms with van der Waals surface area (Å²) in [5.74, 6) is 1.22. The maximum absolute atomic E-state index is 11.9. The van der Waals surface area contributed by atoms with Gasteiger partial charge in [0.05, 0.1) is 0 Å². The standard InChI is InChI=1S/C15H26N4O2S/c1-10(16-14(20)21-15(3,4)5)12-7-6-8-19(9-12)13-17-11(2)18-22-13/h10,12H,6-9H2,1-5H3,(H,16,20)/t10-,12+/m1/s1. The molecule has 1 saturated heterocycles. The third-order valence-electron chi connectivity index (χ3n) is 3.70. The first kappa shape index (κ1) is 17.0. The smallest absolute Gasteiger partial charge is 0.407 e. The molecule has 1 aromatic heterocycles. The number of aromatic nitrogens is 2. The lowest BCUT2D eigenvalue weighted by Gasteiger charge is -2.35. The zero-order valence-corrected chi connectivity index (χ0v) is 14.9. The SMILES string of the molecule is Cc1nsc(N2CCC[C@H]([C@@H](C)NC(=O)OC(C)(C)C)C2)n1. The molecule has 2 atom stereocenters. The molecule has 1 amide bonds. The molecule has 1 aromatic rings. The van der Waals surface area contributed by atoms with Crippen LogP contribution in [0.25, 0.3) is 0 Å². The van der Waals surface area contributed by atoms with Gasteiger partial charge in [0.25, 0.3) is 0 Å². The van der Waals surface area contributed by atoms with Gasteiger partial charge in [-0.1, -0.05) is 0 Å². The second-order valence-electron chi connectivity index (χ2n) is 6.91.